The number of likely N-dealkylation sites (N-methyl/N-ethyl adjacent to an activating group) is 1. The zero-order chi connectivity index (χ0) is 18.7. The van der Waals surface area contributed by atoms with Crippen molar-refractivity contribution in [1.29, 1.82) is 0 Å². The number of urea groups is 1. The Hall–Kier alpha value is -3.15. The van der Waals surface area contributed by atoms with E-state index in [0.29, 0.717) is 12.0 Å². The Morgan fingerprint density at radius 3 is 2.15 bits per heavy atom. The van der Waals surface area contributed by atoms with E-state index in [4.69, 9.17) is 0 Å². The molecule has 6 heteroatoms. The monoisotopic (exact) mass is 351 g/mol. The molecule has 26 heavy (non-hydrogen) atoms. The lowest BCUT2D eigenvalue weighted by Crippen LogP contribution is -2.46. The minimum Gasteiger partial charge on any atom is -0.347 e. The summed E-state index contributed by atoms with van der Waals surface area (Å²) in [6.07, 6.45) is 0.315. The number of hydrogen-bond donors (Lipinski definition) is 1. The molecule has 1 fully saturated rings. The Balaban J connectivity index is 2.00. The molecule has 0 unspecified atom stereocenters. The number of nitrogens with one attached hydrogen (secondary N) is 1. The fraction of sp³-hybridized carbons (Fsp3) is 0.250. The van der Waals surface area contributed by atoms with Crippen molar-refractivity contribution in [2.24, 2.45) is 0 Å². The first-order chi connectivity index (χ1) is 12.4. The second kappa shape index (κ2) is 7.00. The topological polar surface area (TPSA) is 69.7 Å². The average Bonchev–Trinajstić information content (AvgIpc) is 2.88. The molecule has 1 atom stereocenters. The van der Waals surface area contributed by atoms with Gasteiger partial charge in [0.15, 0.2) is 5.54 Å². The van der Waals surface area contributed by atoms with Gasteiger partial charge in [-0.3, -0.25) is 14.5 Å². The molecule has 2 aromatic rings. The van der Waals surface area contributed by atoms with E-state index in [1.807, 2.05) is 60.7 Å². The Morgan fingerprint density at radius 2 is 1.58 bits per heavy atom. The summed E-state index contributed by atoms with van der Waals surface area (Å²) in [6.45, 7) is -0.277. The van der Waals surface area contributed by atoms with Gasteiger partial charge in [0.1, 0.15) is 6.54 Å². The van der Waals surface area contributed by atoms with Crippen molar-refractivity contribution in [1.82, 2.24) is 15.1 Å². The predicted octanol–water partition coefficient (Wildman–Crippen LogP) is 1.76. The first kappa shape index (κ1) is 17.7. The molecule has 6 nitrogen and oxygen atoms in total. The lowest BCUT2D eigenvalue weighted by Gasteiger charge is -2.27. The van der Waals surface area contributed by atoms with Crippen LogP contribution in [0.1, 0.15) is 11.1 Å². The van der Waals surface area contributed by atoms with Gasteiger partial charge in [0, 0.05) is 20.5 Å². The van der Waals surface area contributed by atoms with Crippen LogP contribution in [0.25, 0.3) is 0 Å². The van der Waals surface area contributed by atoms with Crippen molar-refractivity contribution in [2.45, 2.75) is 12.0 Å². The van der Waals surface area contributed by atoms with Crippen LogP contribution in [0.4, 0.5) is 4.79 Å². The van der Waals surface area contributed by atoms with Gasteiger partial charge >= 0.3 is 6.03 Å². The quantitative estimate of drug-likeness (QED) is 0.835. The van der Waals surface area contributed by atoms with Gasteiger partial charge in [-0.1, -0.05) is 60.7 Å². The summed E-state index contributed by atoms with van der Waals surface area (Å²) in [5.74, 6) is -0.718. The van der Waals surface area contributed by atoms with E-state index in [1.165, 1.54) is 4.90 Å². The van der Waals surface area contributed by atoms with Gasteiger partial charge in [-0.25, -0.2) is 4.79 Å². The third kappa shape index (κ3) is 3.18. The summed E-state index contributed by atoms with van der Waals surface area (Å²) in [6, 6.07) is 18.1. The average molecular weight is 351 g/mol. The lowest BCUT2D eigenvalue weighted by atomic mass is 9.83. The van der Waals surface area contributed by atoms with Crippen LogP contribution in [0.3, 0.4) is 0 Å². The zero-order valence-corrected chi connectivity index (χ0v) is 14.8. The van der Waals surface area contributed by atoms with Crippen LogP contribution in [0.15, 0.2) is 60.7 Å². The molecule has 1 N–H and O–H groups in total. The van der Waals surface area contributed by atoms with Crippen LogP contribution < -0.4 is 5.32 Å². The highest BCUT2D eigenvalue weighted by Gasteiger charge is 2.52. The van der Waals surface area contributed by atoms with Crippen LogP contribution in [0.2, 0.25) is 0 Å². The third-order valence-electron chi connectivity index (χ3n) is 4.55. The molecule has 2 aromatic carbocycles. The number of nitrogens with zero attached hydrogens (tertiary/aromatic N) is 2. The number of rotatable bonds is 5. The molecule has 0 saturated carbocycles. The lowest BCUT2D eigenvalue weighted by molar-refractivity contribution is -0.138. The Labute approximate surface area is 152 Å². The maximum Gasteiger partial charge on any atom is 0.325 e. The highest BCUT2D eigenvalue weighted by atomic mass is 16.2. The molecule has 1 heterocycles. The zero-order valence-electron chi connectivity index (χ0n) is 14.8. The van der Waals surface area contributed by atoms with Crippen molar-refractivity contribution < 1.29 is 14.4 Å². The van der Waals surface area contributed by atoms with Crippen molar-refractivity contribution in [3.63, 3.8) is 0 Å². The minimum atomic E-state index is -1.22. The van der Waals surface area contributed by atoms with Crippen LogP contribution in [0.5, 0.6) is 0 Å². The van der Waals surface area contributed by atoms with Crippen LogP contribution >= 0.6 is 0 Å². The first-order valence-corrected chi connectivity index (χ1v) is 8.38. The summed E-state index contributed by atoms with van der Waals surface area (Å²) in [4.78, 5) is 40.2. The summed E-state index contributed by atoms with van der Waals surface area (Å²) >= 11 is 0. The maximum absolute atomic E-state index is 13.3. The second-order valence-electron chi connectivity index (χ2n) is 6.54. The highest BCUT2D eigenvalue weighted by Crippen LogP contribution is 2.32. The van der Waals surface area contributed by atoms with E-state index < -0.39 is 17.5 Å². The fourth-order valence-corrected chi connectivity index (χ4v) is 3.09. The molecular formula is C20H21N3O3. The summed E-state index contributed by atoms with van der Waals surface area (Å²) in [5, 5.41) is 2.84. The Morgan fingerprint density at radius 1 is 1.00 bits per heavy atom. The number of benzene rings is 2. The molecule has 0 radical (unpaired) electrons. The smallest absolute Gasteiger partial charge is 0.325 e. The van der Waals surface area contributed by atoms with E-state index in [2.05, 4.69) is 5.32 Å². The molecule has 0 bridgehead atoms. The molecule has 134 valence electrons. The van der Waals surface area contributed by atoms with Crippen LogP contribution in [-0.2, 0) is 21.5 Å². The van der Waals surface area contributed by atoms with Gasteiger partial charge in [0.25, 0.3) is 5.91 Å². The van der Waals surface area contributed by atoms with E-state index in [1.54, 1.807) is 14.1 Å². The fourth-order valence-electron chi connectivity index (χ4n) is 3.09. The molecule has 1 aliphatic heterocycles. The van der Waals surface area contributed by atoms with Crippen LogP contribution in [0, 0.1) is 0 Å². The standard InChI is InChI=1S/C20H21N3O3/c1-22(2)17(24)14-23-18(25)20(21-19(23)26,16-11-7-4-8-12-16)13-15-9-5-3-6-10-15/h3-12H,13-14H2,1-2H3,(H,21,26)/t20-/m0/s1. The van der Waals surface area contributed by atoms with Gasteiger partial charge in [-0.2, -0.15) is 0 Å². The number of carbonyl (C=O) groups excluding carboxylic acids is 3. The van der Waals surface area contributed by atoms with Crippen molar-refractivity contribution in [3.05, 3.63) is 71.8 Å². The third-order valence-corrected chi connectivity index (χ3v) is 4.55. The predicted molar refractivity (Wildman–Crippen MR) is 97.2 cm³/mol. The van der Waals surface area contributed by atoms with E-state index >= 15 is 0 Å². The molecular weight excluding hydrogens is 330 g/mol. The van der Waals surface area contributed by atoms with Crippen molar-refractivity contribution in [2.75, 3.05) is 20.6 Å². The molecule has 1 saturated heterocycles. The van der Waals surface area contributed by atoms with E-state index in [-0.39, 0.29) is 12.5 Å². The van der Waals surface area contributed by atoms with Gasteiger partial charge in [-0.05, 0) is 11.1 Å². The van der Waals surface area contributed by atoms with Crippen LogP contribution in [-0.4, -0.2) is 48.3 Å². The number of amides is 4. The van der Waals surface area contributed by atoms with Crippen molar-refractivity contribution >= 4 is 17.8 Å². The molecule has 0 aromatic heterocycles. The molecule has 3 rings (SSSR count). The second-order valence-corrected chi connectivity index (χ2v) is 6.54. The number of imide groups is 1. The number of carbonyl (C=O) groups is 3. The molecule has 0 aliphatic carbocycles. The maximum atomic E-state index is 13.3. The largest absolute Gasteiger partial charge is 0.347 e. The SMILES string of the molecule is CN(C)C(=O)CN1C(=O)N[C@@](Cc2ccccc2)(c2ccccc2)C1=O. The molecule has 4 amide bonds. The van der Waals surface area contributed by atoms with Crippen molar-refractivity contribution in [3.8, 4) is 0 Å². The first-order valence-electron chi connectivity index (χ1n) is 8.38. The number of hydrogen-bond acceptors (Lipinski definition) is 3. The Bertz CT molecular complexity index is 821. The van der Waals surface area contributed by atoms with E-state index in [0.717, 1.165) is 10.5 Å². The van der Waals surface area contributed by atoms with E-state index in [9.17, 15) is 14.4 Å². The Kier molecular flexibility index (Phi) is 4.75. The highest BCUT2D eigenvalue weighted by molar-refractivity contribution is 6.09. The van der Waals surface area contributed by atoms with Gasteiger partial charge in [-0.15, -0.1) is 0 Å². The molecule has 0 spiro atoms. The van der Waals surface area contributed by atoms with Gasteiger partial charge < -0.3 is 10.2 Å². The minimum absolute atomic E-state index is 0.277. The summed E-state index contributed by atoms with van der Waals surface area (Å²) in [7, 11) is 3.18. The van der Waals surface area contributed by atoms with Gasteiger partial charge in [0.05, 0.1) is 0 Å². The summed E-state index contributed by atoms with van der Waals surface area (Å²) in [5.41, 5.74) is 0.402. The molecule has 1 aliphatic rings. The summed E-state index contributed by atoms with van der Waals surface area (Å²) < 4.78 is 0. The normalized spacial score (nSPS) is 19.4. The van der Waals surface area contributed by atoms with Gasteiger partial charge in [0.2, 0.25) is 5.91 Å².